The molecule has 0 aliphatic heterocycles. The maximum atomic E-state index is 12.6. The summed E-state index contributed by atoms with van der Waals surface area (Å²) >= 11 is 3.44. The second-order valence-corrected chi connectivity index (χ2v) is 6.92. The van der Waals surface area contributed by atoms with Crippen LogP contribution in [0.2, 0.25) is 0 Å². The van der Waals surface area contributed by atoms with Crippen LogP contribution in [0, 0.1) is 24.0 Å². The highest BCUT2D eigenvalue weighted by atomic mass is 79.9. The predicted octanol–water partition coefficient (Wildman–Crippen LogP) is 5.29. The number of benzene rings is 2. The molecule has 7 heteroatoms. The topological polar surface area (TPSA) is 85.1 Å². The van der Waals surface area contributed by atoms with E-state index in [1.807, 2.05) is 24.3 Å². The summed E-state index contributed by atoms with van der Waals surface area (Å²) in [4.78, 5) is 27.8. The Hall–Kier alpha value is -3.06. The highest BCUT2D eigenvalue weighted by Crippen LogP contribution is 2.26. The summed E-state index contributed by atoms with van der Waals surface area (Å²) in [5.41, 5.74) is 3.48. The first-order valence-electron chi connectivity index (χ1n) is 8.16. The zero-order chi connectivity index (χ0) is 19.6. The molecule has 1 heterocycles. The van der Waals surface area contributed by atoms with Crippen LogP contribution >= 0.6 is 15.9 Å². The lowest BCUT2D eigenvalue weighted by molar-refractivity contribution is -0.385. The highest BCUT2D eigenvalue weighted by Gasteiger charge is 2.17. The number of halogens is 1. The fourth-order valence-corrected chi connectivity index (χ4v) is 3.16. The summed E-state index contributed by atoms with van der Waals surface area (Å²) in [5.74, 6) is -0.357. The van der Waals surface area contributed by atoms with E-state index in [-0.39, 0.29) is 11.6 Å². The molecule has 3 aromatic rings. The third-order valence-electron chi connectivity index (χ3n) is 4.20. The van der Waals surface area contributed by atoms with Gasteiger partial charge in [0, 0.05) is 16.1 Å². The molecule has 0 saturated heterocycles. The molecule has 0 fully saturated rings. The molecule has 0 bridgehead atoms. The van der Waals surface area contributed by atoms with Crippen molar-refractivity contribution in [2.75, 3.05) is 5.32 Å². The second kappa shape index (κ2) is 7.67. The van der Waals surface area contributed by atoms with E-state index in [1.165, 1.54) is 6.07 Å². The van der Waals surface area contributed by atoms with Gasteiger partial charge in [0.2, 0.25) is 0 Å². The molecule has 0 saturated carbocycles. The summed E-state index contributed by atoms with van der Waals surface area (Å²) in [5, 5.41) is 13.8. The maximum Gasteiger partial charge on any atom is 0.274 e. The standard InChI is InChI=1S/C20H16BrN3O3/c1-12-17(7-4-8-19(12)24(26)27)23-20(25)16-9-10-18(22-13(16)2)14-5-3-6-15(21)11-14/h3-11H,1-2H3,(H,23,25). The number of amides is 1. The number of carbonyl (C=O) groups is 1. The third kappa shape index (κ3) is 4.03. The van der Waals surface area contributed by atoms with Gasteiger partial charge in [-0.3, -0.25) is 19.9 Å². The smallest absolute Gasteiger partial charge is 0.274 e. The van der Waals surface area contributed by atoms with Gasteiger partial charge in [-0.15, -0.1) is 0 Å². The lowest BCUT2D eigenvalue weighted by Gasteiger charge is -2.11. The second-order valence-electron chi connectivity index (χ2n) is 6.00. The molecule has 1 amide bonds. The van der Waals surface area contributed by atoms with Crippen LogP contribution in [0.25, 0.3) is 11.3 Å². The number of hydrogen-bond acceptors (Lipinski definition) is 4. The number of aryl methyl sites for hydroxylation is 1. The number of anilines is 1. The largest absolute Gasteiger partial charge is 0.321 e. The van der Waals surface area contributed by atoms with Gasteiger partial charge in [0.1, 0.15) is 0 Å². The molecule has 0 radical (unpaired) electrons. The van der Waals surface area contributed by atoms with E-state index < -0.39 is 4.92 Å². The molecule has 3 rings (SSSR count). The number of hydrogen-bond donors (Lipinski definition) is 1. The fourth-order valence-electron chi connectivity index (χ4n) is 2.76. The van der Waals surface area contributed by atoms with Gasteiger partial charge in [-0.1, -0.05) is 34.1 Å². The van der Waals surface area contributed by atoms with Gasteiger partial charge in [0.05, 0.1) is 33.1 Å². The van der Waals surface area contributed by atoms with E-state index in [4.69, 9.17) is 0 Å². The quantitative estimate of drug-likeness (QED) is 0.454. The van der Waals surface area contributed by atoms with Crippen molar-refractivity contribution >= 4 is 33.2 Å². The van der Waals surface area contributed by atoms with Gasteiger partial charge in [-0.2, -0.15) is 0 Å². The molecular formula is C20H16BrN3O3. The maximum absolute atomic E-state index is 12.6. The molecule has 2 aromatic carbocycles. The Bertz CT molecular complexity index is 1050. The SMILES string of the molecule is Cc1nc(-c2cccc(Br)c2)ccc1C(=O)Nc1cccc([N+](=O)[O-])c1C. The molecular weight excluding hydrogens is 410 g/mol. The number of nitro benzene ring substituents is 1. The van der Waals surface area contributed by atoms with Crippen LogP contribution in [0.4, 0.5) is 11.4 Å². The average molecular weight is 426 g/mol. The van der Waals surface area contributed by atoms with Crippen LogP contribution < -0.4 is 5.32 Å². The Labute approximate surface area is 164 Å². The van der Waals surface area contributed by atoms with E-state index in [9.17, 15) is 14.9 Å². The zero-order valence-electron chi connectivity index (χ0n) is 14.7. The van der Waals surface area contributed by atoms with Crippen molar-refractivity contribution in [3.8, 4) is 11.3 Å². The van der Waals surface area contributed by atoms with Crippen LogP contribution in [0.1, 0.15) is 21.6 Å². The van der Waals surface area contributed by atoms with E-state index in [0.29, 0.717) is 22.5 Å². The third-order valence-corrected chi connectivity index (χ3v) is 4.69. The van der Waals surface area contributed by atoms with Gasteiger partial charge in [0.15, 0.2) is 0 Å². The van der Waals surface area contributed by atoms with Gasteiger partial charge in [-0.25, -0.2) is 0 Å². The molecule has 1 aromatic heterocycles. The van der Waals surface area contributed by atoms with Crippen molar-refractivity contribution in [1.29, 1.82) is 0 Å². The summed E-state index contributed by atoms with van der Waals surface area (Å²) in [6, 6.07) is 15.8. The van der Waals surface area contributed by atoms with Crippen molar-refractivity contribution in [3.63, 3.8) is 0 Å². The van der Waals surface area contributed by atoms with Crippen LogP contribution in [-0.2, 0) is 0 Å². The normalized spacial score (nSPS) is 10.5. The van der Waals surface area contributed by atoms with Gasteiger partial charge in [-0.05, 0) is 44.2 Å². The Kier molecular flexibility index (Phi) is 5.32. The van der Waals surface area contributed by atoms with Crippen molar-refractivity contribution in [1.82, 2.24) is 4.98 Å². The van der Waals surface area contributed by atoms with Crippen LogP contribution in [0.15, 0.2) is 59.1 Å². The Morgan fingerprint density at radius 2 is 1.85 bits per heavy atom. The first kappa shape index (κ1) is 18.7. The average Bonchev–Trinajstić information content (AvgIpc) is 2.63. The van der Waals surface area contributed by atoms with E-state index >= 15 is 0 Å². The van der Waals surface area contributed by atoms with Crippen molar-refractivity contribution in [2.45, 2.75) is 13.8 Å². The van der Waals surface area contributed by atoms with Crippen molar-refractivity contribution < 1.29 is 9.72 Å². The zero-order valence-corrected chi connectivity index (χ0v) is 16.3. The number of nitro groups is 1. The van der Waals surface area contributed by atoms with Crippen molar-refractivity contribution in [2.24, 2.45) is 0 Å². The number of rotatable bonds is 4. The Morgan fingerprint density at radius 3 is 2.52 bits per heavy atom. The van der Waals surface area contributed by atoms with E-state index in [0.717, 1.165) is 15.7 Å². The lowest BCUT2D eigenvalue weighted by atomic mass is 10.1. The minimum Gasteiger partial charge on any atom is -0.321 e. The summed E-state index contributed by atoms with van der Waals surface area (Å²) in [6.07, 6.45) is 0. The highest BCUT2D eigenvalue weighted by molar-refractivity contribution is 9.10. The molecule has 0 unspecified atom stereocenters. The minimum atomic E-state index is -0.468. The number of aromatic nitrogens is 1. The first-order valence-corrected chi connectivity index (χ1v) is 8.95. The molecule has 136 valence electrons. The number of pyridine rings is 1. The molecule has 0 atom stereocenters. The van der Waals surface area contributed by atoms with Crippen LogP contribution in [-0.4, -0.2) is 15.8 Å². The molecule has 1 N–H and O–H groups in total. The fraction of sp³-hybridized carbons (Fsp3) is 0.100. The summed E-state index contributed by atoms with van der Waals surface area (Å²) < 4.78 is 0.947. The molecule has 0 aliphatic rings. The number of carbonyl (C=O) groups excluding carboxylic acids is 1. The minimum absolute atomic E-state index is 0.0346. The lowest BCUT2D eigenvalue weighted by Crippen LogP contribution is -2.15. The molecule has 27 heavy (non-hydrogen) atoms. The monoisotopic (exact) mass is 425 g/mol. The predicted molar refractivity (Wildman–Crippen MR) is 108 cm³/mol. The van der Waals surface area contributed by atoms with Gasteiger partial charge in [0.25, 0.3) is 11.6 Å². The van der Waals surface area contributed by atoms with Gasteiger partial charge >= 0.3 is 0 Å². The summed E-state index contributed by atoms with van der Waals surface area (Å²) in [6.45, 7) is 3.37. The Morgan fingerprint density at radius 1 is 1.11 bits per heavy atom. The number of nitrogens with one attached hydrogen (secondary N) is 1. The van der Waals surface area contributed by atoms with Crippen LogP contribution in [0.3, 0.4) is 0 Å². The van der Waals surface area contributed by atoms with Crippen LogP contribution in [0.5, 0.6) is 0 Å². The molecule has 6 nitrogen and oxygen atoms in total. The van der Waals surface area contributed by atoms with Gasteiger partial charge < -0.3 is 5.32 Å². The van der Waals surface area contributed by atoms with E-state index in [1.54, 1.807) is 38.1 Å². The molecule has 0 spiro atoms. The number of nitrogens with zero attached hydrogens (tertiary/aromatic N) is 2. The van der Waals surface area contributed by atoms with E-state index in [2.05, 4.69) is 26.2 Å². The summed E-state index contributed by atoms with van der Waals surface area (Å²) in [7, 11) is 0. The first-order chi connectivity index (χ1) is 12.9. The molecule has 0 aliphatic carbocycles. The Balaban J connectivity index is 1.88. The van der Waals surface area contributed by atoms with Crippen molar-refractivity contribution in [3.05, 3.63) is 86.0 Å².